The fourth-order valence-electron chi connectivity index (χ4n) is 3.77. The van der Waals surface area contributed by atoms with E-state index in [9.17, 15) is 18.0 Å². The van der Waals surface area contributed by atoms with Gasteiger partial charge in [0.15, 0.2) is 0 Å². The molecule has 0 aliphatic heterocycles. The van der Waals surface area contributed by atoms with Gasteiger partial charge >= 0.3 is 0 Å². The van der Waals surface area contributed by atoms with Gasteiger partial charge in [-0.05, 0) is 50.2 Å². The summed E-state index contributed by atoms with van der Waals surface area (Å²) in [5.74, 6) is -0.227. The third-order valence-corrected chi connectivity index (χ3v) is 8.18. The van der Waals surface area contributed by atoms with Crippen LogP contribution in [0.4, 0.5) is 5.69 Å². The maximum atomic E-state index is 13.6. The molecule has 0 spiro atoms. The number of carbonyl (C=O) groups excluding carboxylic acids is 1. The van der Waals surface area contributed by atoms with Crippen LogP contribution in [0.1, 0.15) is 16.8 Å². The molecule has 0 radical (unpaired) electrons. The molecular weight excluding hydrogens is 547 g/mol. The first kappa shape index (κ1) is 27.5. The summed E-state index contributed by atoms with van der Waals surface area (Å²) in [5.41, 5.74) is 2.52. The lowest BCUT2D eigenvalue weighted by molar-refractivity contribution is -0.116. The fourth-order valence-corrected chi connectivity index (χ4v) is 5.65. The summed E-state index contributed by atoms with van der Waals surface area (Å²) in [5, 5.41) is 3.30. The number of hydrogen-bond donors (Lipinski definition) is 2. The minimum absolute atomic E-state index is 0.0375. The van der Waals surface area contributed by atoms with Gasteiger partial charge in [-0.2, -0.15) is 4.31 Å². The Kier molecular flexibility index (Phi) is 8.32. The van der Waals surface area contributed by atoms with E-state index in [-0.39, 0.29) is 27.0 Å². The van der Waals surface area contributed by atoms with E-state index in [1.807, 2.05) is 6.92 Å². The molecule has 0 saturated carbocycles. The molecule has 1 amide bonds. The molecule has 8 nitrogen and oxygen atoms in total. The number of halogens is 2. The van der Waals surface area contributed by atoms with Crippen LogP contribution >= 0.6 is 23.2 Å². The van der Waals surface area contributed by atoms with Crippen molar-refractivity contribution in [1.82, 2.24) is 14.3 Å². The SMILES string of the molecule is Cc1ccc(S(=O)(=O)N(CC(=O)Nc2cccc(-c3nc(C)cc(=O)[nH]3)c2)Cc2c(Cl)cccc2Cl)cc1. The Balaban J connectivity index is 1.62. The predicted molar refractivity (Wildman–Crippen MR) is 149 cm³/mol. The lowest BCUT2D eigenvalue weighted by Crippen LogP contribution is -2.37. The van der Waals surface area contributed by atoms with Gasteiger partial charge in [0, 0.05) is 45.2 Å². The zero-order chi connectivity index (χ0) is 27.4. The monoisotopic (exact) mass is 570 g/mol. The summed E-state index contributed by atoms with van der Waals surface area (Å²) in [6.07, 6.45) is 0. The number of H-pyrrole nitrogens is 1. The highest BCUT2D eigenvalue weighted by atomic mass is 35.5. The standard InChI is InChI=1S/C27H24Cl2N4O4S/c1-17-9-11-21(12-10-17)38(36,37)33(15-22-23(28)7-4-8-24(22)29)16-26(35)31-20-6-3-5-19(14-20)27-30-18(2)13-25(34)32-27/h3-14H,15-16H2,1-2H3,(H,31,35)(H,30,32,34). The van der Waals surface area contributed by atoms with Crippen LogP contribution < -0.4 is 10.9 Å². The predicted octanol–water partition coefficient (Wildman–Crippen LogP) is 5.19. The number of anilines is 1. The Morgan fingerprint density at radius 1 is 0.974 bits per heavy atom. The Bertz CT molecular complexity index is 1630. The average molecular weight is 571 g/mol. The van der Waals surface area contributed by atoms with E-state index in [1.54, 1.807) is 61.5 Å². The van der Waals surface area contributed by atoms with Crippen LogP contribution in [0.3, 0.4) is 0 Å². The number of aromatic nitrogens is 2. The Labute approximate surface area is 230 Å². The minimum atomic E-state index is -4.09. The zero-order valence-corrected chi connectivity index (χ0v) is 22.9. The van der Waals surface area contributed by atoms with Gasteiger partial charge in [-0.3, -0.25) is 9.59 Å². The molecule has 2 N–H and O–H groups in total. The molecule has 11 heteroatoms. The molecule has 0 atom stereocenters. The van der Waals surface area contributed by atoms with Gasteiger partial charge in [-0.1, -0.05) is 59.1 Å². The van der Waals surface area contributed by atoms with E-state index in [0.29, 0.717) is 28.3 Å². The van der Waals surface area contributed by atoms with Crippen molar-refractivity contribution >= 4 is 44.8 Å². The van der Waals surface area contributed by atoms with E-state index in [1.165, 1.54) is 18.2 Å². The number of nitrogens with zero attached hydrogens (tertiary/aromatic N) is 2. The maximum absolute atomic E-state index is 13.6. The van der Waals surface area contributed by atoms with Gasteiger partial charge in [0.05, 0.1) is 11.4 Å². The van der Waals surface area contributed by atoms with Crippen molar-refractivity contribution in [2.45, 2.75) is 25.3 Å². The van der Waals surface area contributed by atoms with Crippen molar-refractivity contribution in [2.24, 2.45) is 0 Å². The number of nitrogens with one attached hydrogen (secondary N) is 2. The van der Waals surface area contributed by atoms with E-state index in [4.69, 9.17) is 23.2 Å². The van der Waals surface area contributed by atoms with Crippen LogP contribution in [0.2, 0.25) is 10.0 Å². The largest absolute Gasteiger partial charge is 0.325 e. The van der Waals surface area contributed by atoms with E-state index >= 15 is 0 Å². The molecule has 196 valence electrons. The first-order valence-electron chi connectivity index (χ1n) is 11.5. The highest BCUT2D eigenvalue weighted by Crippen LogP contribution is 2.28. The van der Waals surface area contributed by atoms with Crippen molar-refractivity contribution in [1.29, 1.82) is 0 Å². The van der Waals surface area contributed by atoms with Crippen LogP contribution in [0.25, 0.3) is 11.4 Å². The second-order valence-corrected chi connectivity index (χ2v) is 11.4. The van der Waals surface area contributed by atoms with Gasteiger partial charge < -0.3 is 10.3 Å². The smallest absolute Gasteiger partial charge is 0.251 e. The number of aryl methyl sites for hydroxylation is 2. The van der Waals surface area contributed by atoms with Crippen LogP contribution in [-0.4, -0.2) is 35.1 Å². The Morgan fingerprint density at radius 3 is 2.29 bits per heavy atom. The minimum Gasteiger partial charge on any atom is -0.325 e. The van der Waals surface area contributed by atoms with Crippen molar-refractivity contribution in [3.63, 3.8) is 0 Å². The van der Waals surface area contributed by atoms with Crippen LogP contribution in [0.5, 0.6) is 0 Å². The topological polar surface area (TPSA) is 112 Å². The number of carbonyl (C=O) groups is 1. The number of rotatable bonds is 8. The van der Waals surface area contributed by atoms with E-state index in [0.717, 1.165) is 9.87 Å². The summed E-state index contributed by atoms with van der Waals surface area (Å²) in [6, 6.07) is 19.3. The Hall–Kier alpha value is -3.50. The summed E-state index contributed by atoms with van der Waals surface area (Å²) in [4.78, 5) is 32.0. The number of benzene rings is 3. The van der Waals surface area contributed by atoms with Crippen molar-refractivity contribution in [3.8, 4) is 11.4 Å². The molecule has 0 fully saturated rings. The van der Waals surface area contributed by atoms with E-state index in [2.05, 4.69) is 15.3 Å². The maximum Gasteiger partial charge on any atom is 0.251 e. The molecule has 1 heterocycles. The number of amides is 1. The third kappa shape index (κ3) is 6.49. The summed E-state index contributed by atoms with van der Waals surface area (Å²) >= 11 is 12.6. The molecule has 38 heavy (non-hydrogen) atoms. The van der Waals surface area contributed by atoms with Gasteiger partial charge in [-0.15, -0.1) is 0 Å². The molecule has 0 bridgehead atoms. The fraction of sp³-hybridized carbons (Fsp3) is 0.148. The van der Waals surface area contributed by atoms with Crippen LogP contribution in [-0.2, 0) is 21.4 Å². The normalized spacial score (nSPS) is 11.5. The molecule has 4 rings (SSSR count). The van der Waals surface area contributed by atoms with Crippen molar-refractivity contribution < 1.29 is 13.2 Å². The summed E-state index contributed by atoms with van der Waals surface area (Å²) in [7, 11) is -4.09. The molecule has 0 saturated heterocycles. The number of sulfonamides is 1. The lowest BCUT2D eigenvalue weighted by Gasteiger charge is -2.23. The molecule has 0 aliphatic rings. The molecule has 4 aromatic rings. The second-order valence-electron chi connectivity index (χ2n) is 8.65. The number of hydrogen-bond acceptors (Lipinski definition) is 5. The van der Waals surface area contributed by atoms with Crippen molar-refractivity contribution in [2.75, 3.05) is 11.9 Å². The molecule has 1 aromatic heterocycles. The molecule has 3 aromatic carbocycles. The summed E-state index contributed by atoms with van der Waals surface area (Å²) < 4.78 is 28.2. The van der Waals surface area contributed by atoms with Crippen LogP contribution in [0, 0.1) is 13.8 Å². The van der Waals surface area contributed by atoms with Gasteiger partial charge in [-0.25, -0.2) is 13.4 Å². The average Bonchev–Trinajstić information content (AvgIpc) is 2.85. The Morgan fingerprint density at radius 2 is 1.63 bits per heavy atom. The van der Waals surface area contributed by atoms with Crippen LogP contribution in [0.15, 0.2) is 82.5 Å². The second kappa shape index (κ2) is 11.5. The third-order valence-electron chi connectivity index (χ3n) is 5.66. The van der Waals surface area contributed by atoms with Gasteiger partial charge in [0.25, 0.3) is 5.56 Å². The van der Waals surface area contributed by atoms with Crippen molar-refractivity contribution in [3.05, 3.63) is 110 Å². The van der Waals surface area contributed by atoms with Gasteiger partial charge in [0.1, 0.15) is 5.82 Å². The molecule has 0 aliphatic carbocycles. The zero-order valence-electron chi connectivity index (χ0n) is 20.5. The number of aromatic amines is 1. The quantitative estimate of drug-likeness (QED) is 0.302. The van der Waals surface area contributed by atoms with E-state index < -0.39 is 22.5 Å². The highest BCUT2D eigenvalue weighted by molar-refractivity contribution is 7.89. The lowest BCUT2D eigenvalue weighted by atomic mass is 10.2. The summed E-state index contributed by atoms with van der Waals surface area (Å²) in [6.45, 7) is 2.85. The molecule has 0 unspecified atom stereocenters. The highest BCUT2D eigenvalue weighted by Gasteiger charge is 2.28. The molecular formula is C27H24Cl2N4O4S. The first-order valence-corrected chi connectivity index (χ1v) is 13.7. The van der Waals surface area contributed by atoms with Gasteiger partial charge in [0.2, 0.25) is 15.9 Å². The first-order chi connectivity index (χ1) is 18.0.